The molecule has 1 N–H and O–H groups in total. The van der Waals surface area contributed by atoms with E-state index in [0.29, 0.717) is 17.5 Å². The average molecular weight is 358 g/mol. The van der Waals surface area contributed by atoms with Gasteiger partial charge in [-0.2, -0.15) is 4.98 Å². The molecule has 2 aromatic heterocycles. The van der Waals surface area contributed by atoms with Crippen LogP contribution in [0.25, 0.3) is 0 Å². The van der Waals surface area contributed by atoms with E-state index in [1.807, 2.05) is 44.2 Å². The zero-order valence-electron chi connectivity index (χ0n) is 13.9. The molecule has 0 fully saturated rings. The summed E-state index contributed by atoms with van der Waals surface area (Å²) in [6, 6.07) is 9.96. The lowest BCUT2D eigenvalue weighted by Crippen LogP contribution is -2.06. The Labute approximate surface area is 149 Å². The van der Waals surface area contributed by atoms with Gasteiger partial charge in [-0.3, -0.25) is 0 Å². The highest BCUT2D eigenvalue weighted by Crippen LogP contribution is 2.18. The molecule has 0 saturated heterocycles. The largest absolute Gasteiger partial charge is 0.451 e. The number of rotatable bonds is 7. The Kier molecular flexibility index (Phi) is 5.39. The standard InChI is InChI=1S/C17H18N4O3S/c1-11(2)15-20-14(24-21-15)9-23-16(22)13-10-25-17(19-13)18-8-12-6-4-3-5-7-12/h3-7,10-11H,8-9H2,1-2H3,(H,18,19). The quantitative estimate of drug-likeness (QED) is 0.645. The number of nitrogens with zero attached hydrogens (tertiary/aromatic N) is 3. The van der Waals surface area contributed by atoms with Gasteiger partial charge in [0.05, 0.1) is 0 Å². The Balaban J connectivity index is 1.51. The molecule has 8 heteroatoms. The highest BCUT2D eigenvalue weighted by atomic mass is 32.1. The Morgan fingerprint density at radius 3 is 2.80 bits per heavy atom. The number of hydrogen-bond acceptors (Lipinski definition) is 8. The molecule has 2 heterocycles. The zero-order valence-corrected chi connectivity index (χ0v) is 14.7. The van der Waals surface area contributed by atoms with Crippen molar-refractivity contribution in [1.82, 2.24) is 15.1 Å². The Morgan fingerprint density at radius 1 is 1.28 bits per heavy atom. The van der Waals surface area contributed by atoms with E-state index >= 15 is 0 Å². The third kappa shape index (κ3) is 4.63. The van der Waals surface area contributed by atoms with E-state index in [0.717, 1.165) is 5.56 Å². The van der Waals surface area contributed by atoms with Gasteiger partial charge in [0, 0.05) is 17.8 Å². The van der Waals surface area contributed by atoms with E-state index in [2.05, 4.69) is 20.4 Å². The van der Waals surface area contributed by atoms with Crippen LogP contribution >= 0.6 is 11.3 Å². The van der Waals surface area contributed by atoms with Crippen molar-refractivity contribution in [3.05, 3.63) is 58.7 Å². The van der Waals surface area contributed by atoms with Gasteiger partial charge in [0.1, 0.15) is 0 Å². The second kappa shape index (κ2) is 7.89. The van der Waals surface area contributed by atoms with Crippen LogP contribution in [0.1, 0.15) is 47.5 Å². The molecule has 0 radical (unpaired) electrons. The normalized spacial score (nSPS) is 10.8. The first-order valence-electron chi connectivity index (χ1n) is 7.84. The molecule has 0 aliphatic carbocycles. The van der Waals surface area contributed by atoms with Crippen molar-refractivity contribution >= 4 is 22.4 Å². The summed E-state index contributed by atoms with van der Waals surface area (Å²) in [6.45, 7) is 4.49. The number of esters is 1. The van der Waals surface area contributed by atoms with E-state index in [4.69, 9.17) is 9.26 Å². The molecule has 0 amide bonds. The van der Waals surface area contributed by atoms with Crippen molar-refractivity contribution in [1.29, 1.82) is 0 Å². The van der Waals surface area contributed by atoms with Crippen LogP contribution in [0, 0.1) is 0 Å². The summed E-state index contributed by atoms with van der Waals surface area (Å²) in [5.74, 6) is 0.500. The number of anilines is 1. The molecule has 7 nitrogen and oxygen atoms in total. The molecule has 0 aliphatic rings. The number of aromatic nitrogens is 3. The van der Waals surface area contributed by atoms with Crippen LogP contribution in [0.3, 0.4) is 0 Å². The van der Waals surface area contributed by atoms with E-state index in [1.54, 1.807) is 5.38 Å². The number of ether oxygens (including phenoxy) is 1. The van der Waals surface area contributed by atoms with Gasteiger partial charge >= 0.3 is 5.97 Å². The summed E-state index contributed by atoms with van der Waals surface area (Å²) in [7, 11) is 0. The van der Waals surface area contributed by atoms with Gasteiger partial charge in [0.2, 0.25) is 0 Å². The lowest BCUT2D eigenvalue weighted by molar-refractivity contribution is 0.0424. The third-order valence-electron chi connectivity index (χ3n) is 3.33. The van der Waals surface area contributed by atoms with E-state index in [1.165, 1.54) is 11.3 Å². The Hall–Kier alpha value is -2.74. The number of benzene rings is 1. The fourth-order valence-corrected chi connectivity index (χ4v) is 2.66. The molecule has 0 saturated carbocycles. The summed E-state index contributed by atoms with van der Waals surface area (Å²) in [5.41, 5.74) is 1.39. The first kappa shape index (κ1) is 17.1. The minimum absolute atomic E-state index is 0.0666. The van der Waals surface area contributed by atoms with Gasteiger partial charge < -0.3 is 14.6 Å². The molecular formula is C17H18N4O3S. The number of nitrogens with one attached hydrogen (secondary N) is 1. The molecule has 0 unspecified atom stereocenters. The second-order valence-corrected chi connectivity index (χ2v) is 6.51. The molecular weight excluding hydrogens is 340 g/mol. The van der Waals surface area contributed by atoms with Crippen LogP contribution in [0.5, 0.6) is 0 Å². The highest BCUT2D eigenvalue weighted by molar-refractivity contribution is 7.13. The van der Waals surface area contributed by atoms with Crippen molar-refractivity contribution in [3.8, 4) is 0 Å². The van der Waals surface area contributed by atoms with Gasteiger partial charge in [-0.1, -0.05) is 49.3 Å². The maximum absolute atomic E-state index is 12.1. The van der Waals surface area contributed by atoms with Crippen LogP contribution in [0.2, 0.25) is 0 Å². The fraction of sp³-hybridized carbons (Fsp3) is 0.294. The van der Waals surface area contributed by atoms with Crippen molar-refractivity contribution in [2.45, 2.75) is 32.9 Å². The third-order valence-corrected chi connectivity index (χ3v) is 4.13. The first-order valence-corrected chi connectivity index (χ1v) is 8.72. The minimum Gasteiger partial charge on any atom is -0.451 e. The first-order chi connectivity index (χ1) is 12.1. The van der Waals surface area contributed by atoms with Crippen molar-refractivity contribution < 1.29 is 14.1 Å². The minimum atomic E-state index is -0.520. The predicted molar refractivity (Wildman–Crippen MR) is 93.4 cm³/mol. The Morgan fingerprint density at radius 2 is 2.08 bits per heavy atom. The summed E-state index contributed by atoms with van der Waals surface area (Å²) in [6.07, 6.45) is 0. The van der Waals surface area contributed by atoms with Gasteiger partial charge in [0.25, 0.3) is 5.89 Å². The molecule has 1 aromatic carbocycles. The second-order valence-electron chi connectivity index (χ2n) is 5.65. The SMILES string of the molecule is CC(C)c1noc(COC(=O)c2csc(NCc3ccccc3)n2)n1. The molecule has 130 valence electrons. The van der Waals surface area contributed by atoms with Crippen molar-refractivity contribution in [2.24, 2.45) is 0 Å². The molecule has 0 spiro atoms. The van der Waals surface area contributed by atoms with Crippen molar-refractivity contribution in [2.75, 3.05) is 5.32 Å². The predicted octanol–water partition coefficient (Wildman–Crippen LogP) is 3.62. The molecule has 3 rings (SSSR count). The molecule has 25 heavy (non-hydrogen) atoms. The average Bonchev–Trinajstić information content (AvgIpc) is 3.28. The summed E-state index contributed by atoms with van der Waals surface area (Å²) >= 11 is 1.35. The lowest BCUT2D eigenvalue weighted by atomic mass is 10.2. The van der Waals surface area contributed by atoms with Gasteiger partial charge in [-0.15, -0.1) is 11.3 Å². The maximum Gasteiger partial charge on any atom is 0.358 e. The lowest BCUT2D eigenvalue weighted by Gasteiger charge is -2.02. The molecule has 0 aliphatic heterocycles. The summed E-state index contributed by atoms with van der Waals surface area (Å²) < 4.78 is 10.2. The monoisotopic (exact) mass is 358 g/mol. The smallest absolute Gasteiger partial charge is 0.358 e. The fourth-order valence-electron chi connectivity index (χ4n) is 1.98. The maximum atomic E-state index is 12.1. The van der Waals surface area contributed by atoms with Gasteiger partial charge in [-0.25, -0.2) is 9.78 Å². The van der Waals surface area contributed by atoms with Crippen LogP contribution in [-0.2, 0) is 17.9 Å². The summed E-state index contributed by atoms with van der Waals surface area (Å²) in [4.78, 5) is 20.4. The number of thiazole rings is 1. The van der Waals surface area contributed by atoms with E-state index in [-0.39, 0.29) is 24.1 Å². The van der Waals surface area contributed by atoms with Crippen molar-refractivity contribution in [3.63, 3.8) is 0 Å². The number of hydrogen-bond donors (Lipinski definition) is 1. The van der Waals surface area contributed by atoms with E-state index in [9.17, 15) is 4.79 Å². The number of carbonyl (C=O) groups is 1. The van der Waals surface area contributed by atoms with Gasteiger partial charge in [-0.05, 0) is 5.56 Å². The molecule has 0 atom stereocenters. The topological polar surface area (TPSA) is 90.1 Å². The van der Waals surface area contributed by atoms with Crippen LogP contribution in [0.15, 0.2) is 40.2 Å². The van der Waals surface area contributed by atoms with Crippen LogP contribution in [0.4, 0.5) is 5.13 Å². The number of carbonyl (C=O) groups excluding carboxylic acids is 1. The zero-order chi connectivity index (χ0) is 17.6. The summed E-state index contributed by atoms with van der Waals surface area (Å²) in [5, 5.41) is 9.33. The molecule has 0 bridgehead atoms. The Bertz CT molecular complexity index is 829. The highest BCUT2D eigenvalue weighted by Gasteiger charge is 2.15. The molecule has 3 aromatic rings. The van der Waals surface area contributed by atoms with Crippen LogP contribution in [-0.4, -0.2) is 21.1 Å². The van der Waals surface area contributed by atoms with Gasteiger partial charge in [0.15, 0.2) is 23.3 Å². The van der Waals surface area contributed by atoms with Crippen LogP contribution < -0.4 is 5.32 Å². The van der Waals surface area contributed by atoms with E-state index < -0.39 is 5.97 Å².